The quantitative estimate of drug-likeness (QED) is 0.645. The molecular formula is C11H11F4NO2S. The van der Waals surface area contributed by atoms with Gasteiger partial charge in [-0.05, 0) is 12.1 Å². The molecule has 1 amide bonds. The number of alkyl halides is 3. The van der Waals surface area contributed by atoms with Crippen molar-refractivity contribution in [1.29, 1.82) is 0 Å². The number of thioether (sulfide) groups is 1. The lowest BCUT2D eigenvalue weighted by Crippen LogP contribution is -2.41. The highest BCUT2D eigenvalue weighted by Gasteiger charge is 2.38. The lowest BCUT2D eigenvalue weighted by Gasteiger charge is -2.14. The molecule has 0 saturated heterocycles. The number of carbonyl (C=O) groups is 1. The molecule has 8 heteroatoms. The van der Waals surface area contributed by atoms with Gasteiger partial charge in [-0.3, -0.25) is 4.79 Å². The van der Waals surface area contributed by atoms with Crippen LogP contribution in [0.2, 0.25) is 0 Å². The van der Waals surface area contributed by atoms with Crippen LogP contribution in [0, 0.1) is 5.82 Å². The second-order valence-electron chi connectivity index (χ2n) is 3.58. The first-order valence-electron chi connectivity index (χ1n) is 5.19. The van der Waals surface area contributed by atoms with Gasteiger partial charge in [0.2, 0.25) is 5.91 Å². The van der Waals surface area contributed by atoms with Crippen molar-refractivity contribution in [3.8, 4) is 0 Å². The molecule has 0 radical (unpaired) electrons. The monoisotopic (exact) mass is 297 g/mol. The topological polar surface area (TPSA) is 49.3 Å². The van der Waals surface area contributed by atoms with Gasteiger partial charge in [-0.1, -0.05) is 12.1 Å². The molecular weight excluding hydrogens is 286 g/mol. The lowest BCUT2D eigenvalue weighted by atomic mass is 10.3. The van der Waals surface area contributed by atoms with Crippen LogP contribution < -0.4 is 5.32 Å². The second-order valence-corrected chi connectivity index (χ2v) is 4.60. The van der Waals surface area contributed by atoms with Crippen molar-refractivity contribution in [2.75, 3.05) is 12.3 Å². The van der Waals surface area contributed by atoms with E-state index in [1.54, 1.807) is 6.07 Å². The van der Waals surface area contributed by atoms with Gasteiger partial charge in [0.05, 0.1) is 12.3 Å². The normalized spacial score (nSPS) is 13.1. The molecule has 1 rings (SSSR count). The summed E-state index contributed by atoms with van der Waals surface area (Å²) in [5.41, 5.74) is 0. The Morgan fingerprint density at radius 2 is 2.00 bits per heavy atom. The zero-order valence-corrected chi connectivity index (χ0v) is 10.4. The van der Waals surface area contributed by atoms with Crippen molar-refractivity contribution in [3.63, 3.8) is 0 Å². The van der Waals surface area contributed by atoms with Crippen molar-refractivity contribution in [2.45, 2.75) is 17.2 Å². The van der Waals surface area contributed by atoms with E-state index < -0.39 is 30.5 Å². The minimum atomic E-state index is -4.77. The summed E-state index contributed by atoms with van der Waals surface area (Å²) in [6.07, 6.45) is -7.37. The van der Waals surface area contributed by atoms with Gasteiger partial charge in [0, 0.05) is 4.90 Å². The number of nitrogens with one attached hydrogen (secondary N) is 1. The second kappa shape index (κ2) is 6.76. The molecule has 0 heterocycles. The molecule has 2 N–H and O–H groups in total. The Kier molecular flexibility index (Phi) is 5.61. The third-order valence-electron chi connectivity index (χ3n) is 2.07. The van der Waals surface area contributed by atoms with Crippen LogP contribution in [0.5, 0.6) is 0 Å². The molecule has 0 aliphatic carbocycles. The van der Waals surface area contributed by atoms with Gasteiger partial charge in [0.15, 0.2) is 6.10 Å². The zero-order valence-electron chi connectivity index (χ0n) is 9.58. The number of halogens is 4. The molecule has 0 saturated carbocycles. The van der Waals surface area contributed by atoms with Gasteiger partial charge in [0.25, 0.3) is 0 Å². The van der Waals surface area contributed by atoms with Crippen LogP contribution >= 0.6 is 11.8 Å². The minimum Gasteiger partial charge on any atom is -0.382 e. The number of aliphatic hydroxyl groups is 1. The Hall–Kier alpha value is -1.28. The molecule has 1 unspecified atom stereocenters. The summed E-state index contributed by atoms with van der Waals surface area (Å²) >= 11 is 0.864. The smallest absolute Gasteiger partial charge is 0.382 e. The van der Waals surface area contributed by atoms with Gasteiger partial charge in [-0.15, -0.1) is 11.8 Å². The molecule has 0 aliphatic heterocycles. The Labute approximate surface area is 111 Å². The van der Waals surface area contributed by atoms with Crippen LogP contribution in [0.25, 0.3) is 0 Å². The van der Waals surface area contributed by atoms with Gasteiger partial charge in [-0.2, -0.15) is 13.2 Å². The molecule has 0 aromatic heterocycles. The fraction of sp³-hybridized carbons (Fsp3) is 0.364. The van der Waals surface area contributed by atoms with Gasteiger partial charge in [-0.25, -0.2) is 4.39 Å². The highest BCUT2D eigenvalue weighted by atomic mass is 32.2. The van der Waals surface area contributed by atoms with E-state index in [-0.39, 0.29) is 10.6 Å². The fourth-order valence-electron chi connectivity index (χ4n) is 1.08. The summed E-state index contributed by atoms with van der Waals surface area (Å²) < 4.78 is 49.0. The van der Waals surface area contributed by atoms with E-state index in [2.05, 4.69) is 0 Å². The maximum Gasteiger partial charge on any atom is 0.416 e. The standard InChI is InChI=1S/C11H11F4NO2S/c12-7-3-1-2-4-8(7)19-6-10(18)16-5-9(17)11(13,14)15/h1-4,9,17H,5-6H2,(H,16,18). The van der Waals surface area contributed by atoms with E-state index >= 15 is 0 Å². The number of hydrogen-bond acceptors (Lipinski definition) is 3. The molecule has 1 aromatic rings. The van der Waals surface area contributed by atoms with Crippen molar-refractivity contribution < 1.29 is 27.5 Å². The first-order valence-corrected chi connectivity index (χ1v) is 6.18. The minimum absolute atomic E-state index is 0.231. The molecule has 3 nitrogen and oxygen atoms in total. The van der Waals surface area contributed by atoms with Crippen LogP contribution in [-0.2, 0) is 4.79 Å². The third-order valence-corrected chi connectivity index (χ3v) is 3.11. The zero-order chi connectivity index (χ0) is 14.5. The average Bonchev–Trinajstić information content (AvgIpc) is 2.33. The summed E-state index contributed by atoms with van der Waals surface area (Å²) in [5.74, 6) is -1.45. The molecule has 1 aromatic carbocycles. The van der Waals surface area contributed by atoms with E-state index in [0.29, 0.717) is 0 Å². The maximum absolute atomic E-state index is 13.2. The number of aliphatic hydroxyl groups excluding tert-OH is 1. The van der Waals surface area contributed by atoms with Gasteiger partial charge >= 0.3 is 6.18 Å². The Morgan fingerprint density at radius 1 is 1.37 bits per heavy atom. The largest absolute Gasteiger partial charge is 0.416 e. The van der Waals surface area contributed by atoms with Crippen LogP contribution in [0.4, 0.5) is 17.6 Å². The highest BCUT2D eigenvalue weighted by molar-refractivity contribution is 8.00. The third kappa shape index (κ3) is 5.48. The number of rotatable bonds is 5. The number of carbonyl (C=O) groups excluding carboxylic acids is 1. The number of benzene rings is 1. The van der Waals surface area contributed by atoms with Gasteiger partial charge in [0.1, 0.15) is 5.82 Å². The van der Waals surface area contributed by atoms with Crippen LogP contribution in [0.3, 0.4) is 0 Å². The summed E-state index contributed by atoms with van der Waals surface area (Å²) in [5, 5.41) is 10.6. The number of hydrogen-bond donors (Lipinski definition) is 2. The SMILES string of the molecule is O=C(CSc1ccccc1F)NCC(O)C(F)(F)F. The Morgan fingerprint density at radius 3 is 2.58 bits per heavy atom. The average molecular weight is 297 g/mol. The first-order chi connectivity index (χ1) is 8.80. The molecule has 0 fully saturated rings. The molecule has 0 bridgehead atoms. The molecule has 0 aliphatic rings. The van der Waals surface area contributed by atoms with Crippen LogP contribution in [0.1, 0.15) is 0 Å². The molecule has 19 heavy (non-hydrogen) atoms. The van der Waals surface area contributed by atoms with Crippen molar-refractivity contribution >= 4 is 17.7 Å². The van der Waals surface area contributed by atoms with Crippen molar-refractivity contribution in [2.24, 2.45) is 0 Å². The van der Waals surface area contributed by atoms with E-state index in [0.717, 1.165) is 11.8 Å². The summed E-state index contributed by atoms with van der Waals surface area (Å²) in [6, 6.07) is 5.74. The molecule has 1 atom stereocenters. The first kappa shape index (κ1) is 15.8. The van der Waals surface area contributed by atoms with Crippen LogP contribution in [-0.4, -0.2) is 35.6 Å². The van der Waals surface area contributed by atoms with E-state index in [9.17, 15) is 22.4 Å². The predicted octanol–water partition coefficient (Wildman–Crippen LogP) is 1.96. The summed E-state index contributed by atoms with van der Waals surface area (Å²) in [7, 11) is 0. The van der Waals surface area contributed by atoms with E-state index in [4.69, 9.17) is 5.11 Å². The highest BCUT2D eigenvalue weighted by Crippen LogP contribution is 2.21. The summed E-state index contributed by atoms with van der Waals surface area (Å²) in [4.78, 5) is 11.5. The Balaban J connectivity index is 2.35. The molecule has 106 valence electrons. The van der Waals surface area contributed by atoms with Crippen molar-refractivity contribution in [3.05, 3.63) is 30.1 Å². The fourth-order valence-corrected chi connectivity index (χ4v) is 1.85. The summed E-state index contributed by atoms with van der Waals surface area (Å²) in [6.45, 7) is -0.917. The maximum atomic E-state index is 13.2. The van der Waals surface area contributed by atoms with Crippen molar-refractivity contribution in [1.82, 2.24) is 5.32 Å². The lowest BCUT2D eigenvalue weighted by molar-refractivity contribution is -0.201. The van der Waals surface area contributed by atoms with E-state index in [1.165, 1.54) is 18.2 Å². The van der Waals surface area contributed by atoms with Crippen LogP contribution in [0.15, 0.2) is 29.2 Å². The van der Waals surface area contributed by atoms with Gasteiger partial charge < -0.3 is 10.4 Å². The Bertz CT molecular complexity index is 439. The molecule has 0 spiro atoms. The van der Waals surface area contributed by atoms with E-state index in [1.807, 2.05) is 5.32 Å². The predicted molar refractivity (Wildman–Crippen MR) is 62.2 cm³/mol. The number of amides is 1.